The van der Waals surface area contributed by atoms with Gasteiger partial charge in [-0.05, 0) is 37.5 Å². The fourth-order valence-corrected chi connectivity index (χ4v) is 3.13. The Morgan fingerprint density at radius 3 is 1.96 bits per heavy atom. The fraction of sp³-hybridized carbons (Fsp3) is 0.667. The van der Waals surface area contributed by atoms with Crippen LogP contribution >= 0.6 is 0 Å². The average molecular weight is 391 g/mol. The van der Waals surface area contributed by atoms with Gasteiger partial charge in [-0.25, -0.2) is 9.59 Å². The fourth-order valence-electron chi connectivity index (χ4n) is 3.13. The summed E-state index contributed by atoms with van der Waals surface area (Å²) in [5.41, 5.74) is 1.70. The molecule has 158 valence electrons. The predicted octanol–water partition coefficient (Wildman–Crippen LogP) is 6.11. The summed E-state index contributed by atoms with van der Waals surface area (Å²) in [5, 5.41) is 0. The highest BCUT2D eigenvalue weighted by Crippen LogP contribution is 2.15. The molecule has 0 aliphatic rings. The lowest BCUT2D eigenvalue weighted by Crippen LogP contribution is -2.33. The second-order valence-electron chi connectivity index (χ2n) is 7.74. The van der Waals surface area contributed by atoms with E-state index in [1.165, 1.54) is 56.9 Å². The molecule has 0 aromatic heterocycles. The molecule has 0 radical (unpaired) electrons. The molecule has 4 heteroatoms. The SMILES string of the molecule is CCCCCCCCCCc1ccc(C(=O)OC(C(=O)OCC)C(C)C)cc1. The Morgan fingerprint density at radius 2 is 1.43 bits per heavy atom. The van der Waals surface area contributed by atoms with Gasteiger partial charge in [-0.15, -0.1) is 0 Å². The van der Waals surface area contributed by atoms with E-state index >= 15 is 0 Å². The molecule has 0 aliphatic heterocycles. The zero-order valence-electron chi connectivity index (χ0n) is 18.2. The van der Waals surface area contributed by atoms with Crippen LogP contribution < -0.4 is 0 Å². The van der Waals surface area contributed by atoms with Crippen molar-refractivity contribution in [1.29, 1.82) is 0 Å². The minimum atomic E-state index is -0.871. The first-order valence-electron chi connectivity index (χ1n) is 11.0. The number of esters is 2. The van der Waals surface area contributed by atoms with Crippen LogP contribution in [0.2, 0.25) is 0 Å². The first-order chi connectivity index (χ1) is 13.5. The van der Waals surface area contributed by atoms with Crippen molar-refractivity contribution in [2.75, 3.05) is 6.61 Å². The maximum atomic E-state index is 12.4. The number of hydrogen-bond donors (Lipinski definition) is 0. The lowest BCUT2D eigenvalue weighted by molar-refractivity contribution is -0.155. The molecule has 28 heavy (non-hydrogen) atoms. The lowest BCUT2D eigenvalue weighted by atomic mass is 10.0. The summed E-state index contributed by atoms with van der Waals surface area (Å²) in [5.74, 6) is -1.10. The van der Waals surface area contributed by atoms with E-state index in [0.717, 1.165) is 6.42 Å². The van der Waals surface area contributed by atoms with Gasteiger partial charge in [0.15, 0.2) is 0 Å². The van der Waals surface area contributed by atoms with Gasteiger partial charge in [0.1, 0.15) is 0 Å². The van der Waals surface area contributed by atoms with Crippen molar-refractivity contribution in [2.45, 2.75) is 91.6 Å². The van der Waals surface area contributed by atoms with E-state index in [4.69, 9.17) is 9.47 Å². The topological polar surface area (TPSA) is 52.6 Å². The molecular formula is C24H38O4. The Labute approximate surface area is 171 Å². The molecule has 0 aliphatic carbocycles. The van der Waals surface area contributed by atoms with Crippen molar-refractivity contribution in [3.05, 3.63) is 35.4 Å². The summed E-state index contributed by atoms with van der Waals surface area (Å²) in [6.45, 7) is 7.92. The Bertz CT molecular complexity index is 562. The van der Waals surface area contributed by atoms with Crippen LogP contribution in [0.4, 0.5) is 0 Å². The second-order valence-corrected chi connectivity index (χ2v) is 7.74. The highest BCUT2D eigenvalue weighted by molar-refractivity contribution is 5.91. The van der Waals surface area contributed by atoms with Crippen molar-refractivity contribution >= 4 is 11.9 Å². The molecule has 1 aromatic carbocycles. The summed E-state index contributed by atoms with van der Waals surface area (Å²) < 4.78 is 10.4. The van der Waals surface area contributed by atoms with E-state index in [9.17, 15) is 9.59 Å². The smallest absolute Gasteiger partial charge is 0.347 e. The van der Waals surface area contributed by atoms with Gasteiger partial charge in [-0.1, -0.05) is 77.8 Å². The number of ether oxygens (including phenoxy) is 2. The van der Waals surface area contributed by atoms with Gasteiger partial charge in [-0.3, -0.25) is 0 Å². The number of hydrogen-bond acceptors (Lipinski definition) is 4. The van der Waals surface area contributed by atoms with Crippen LogP contribution in [0.25, 0.3) is 0 Å². The largest absolute Gasteiger partial charge is 0.463 e. The van der Waals surface area contributed by atoms with Gasteiger partial charge in [0.25, 0.3) is 0 Å². The van der Waals surface area contributed by atoms with Gasteiger partial charge in [-0.2, -0.15) is 0 Å². The Kier molecular flexibility index (Phi) is 12.3. The number of rotatable bonds is 14. The van der Waals surface area contributed by atoms with Crippen molar-refractivity contribution in [3.8, 4) is 0 Å². The third-order valence-corrected chi connectivity index (χ3v) is 4.87. The van der Waals surface area contributed by atoms with E-state index in [1.54, 1.807) is 19.1 Å². The van der Waals surface area contributed by atoms with Crippen LogP contribution in [-0.2, 0) is 20.7 Å². The minimum absolute atomic E-state index is 0.135. The van der Waals surface area contributed by atoms with E-state index in [2.05, 4.69) is 6.92 Å². The molecule has 1 atom stereocenters. The molecule has 1 aromatic rings. The van der Waals surface area contributed by atoms with Crippen molar-refractivity contribution in [2.24, 2.45) is 5.92 Å². The molecule has 0 heterocycles. The Balaban J connectivity index is 2.40. The summed E-state index contributed by atoms with van der Waals surface area (Å²) in [6, 6.07) is 7.52. The molecule has 1 unspecified atom stereocenters. The number of carbonyl (C=O) groups is 2. The summed E-state index contributed by atoms with van der Waals surface area (Å²) in [4.78, 5) is 24.3. The summed E-state index contributed by atoms with van der Waals surface area (Å²) in [7, 11) is 0. The zero-order valence-corrected chi connectivity index (χ0v) is 18.2. The second kappa shape index (κ2) is 14.2. The molecule has 0 bridgehead atoms. The third-order valence-electron chi connectivity index (χ3n) is 4.87. The molecule has 4 nitrogen and oxygen atoms in total. The normalized spacial score (nSPS) is 12.0. The van der Waals surface area contributed by atoms with Crippen LogP contribution in [0.1, 0.15) is 95.0 Å². The molecule has 0 saturated heterocycles. The molecule has 0 amide bonds. The average Bonchev–Trinajstić information content (AvgIpc) is 2.68. The monoisotopic (exact) mass is 390 g/mol. The maximum Gasteiger partial charge on any atom is 0.347 e. The van der Waals surface area contributed by atoms with Crippen molar-refractivity contribution in [3.63, 3.8) is 0 Å². The van der Waals surface area contributed by atoms with Gasteiger partial charge >= 0.3 is 11.9 Å². The molecule has 1 rings (SSSR count). The zero-order chi connectivity index (χ0) is 20.8. The molecule has 0 saturated carbocycles. The van der Waals surface area contributed by atoms with Crippen LogP contribution in [0.5, 0.6) is 0 Å². The molecule has 0 fully saturated rings. The number of aryl methyl sites for hydroxylation is 1. The highest BCUT2D eigenvalue weighted by atomic mass is 16.6. The third kappa shape index (κ3) is 9.38. The summed E-state index contributed by atoms with van der Waals surface area (Å²) in [6.07, 6.45) is 10.6. The van der Waals surface area contributed by atoms with Gasteiger partial charge in [0.2, 0.25) is 6.10 Å². The first kappa shape index (κ1) is 24.2. The Morgan fingerprint density at radius 1 is 0.857 bits per heavy atom. The summed E-state index contributed by atoms with van der Waals surface area (Å²) >= 11 is 0. The van der Waals surface area contributed by atoms with E-state index < -0.39 is 18.0 Å². The van der Waals surface area contributed by atoms with Crippen LogP contribution in [0.15, 0.2) is 24.3 Å². The predicted molar refractivity (Wildman–Crippen MR) is 113 cm³/mol. The van der Waals surface area contributed by atoms with E-state index in [-0.39, 0.29) is 12.5 Å². The van der Waals surface area contributed by atoms with E-state index in [1.807, 2.05) is 26.0 Å². The quantitative estimate of drug-likeness (QED) is 0.284. The molecule has 0 N–H and O–H groups in total. The van der Waals surface area contributed by atoms with Crippen molar-refractivity contribution < 1.29 is 19.1 Å². The standard InChI is InChI=1S/C24H38O4/c1-5-7-8-9-10-11-12-13-14-20-15-17-21(18-16-20)23(25)28-22(19(3)4)24(26)27-6-2/h15-19,22H,5-14H2,1-4H3. The lowest BCUT2D eigenvalue weighted by Gasteiger charge is -2.19. The van der Waals surface area contributed by atoms with E-state index in [0.29, 0.717) is 5.56 Å². The molecular weight excluding hydrogens is 352 g/mol. The van der Waals surface area contributed by atoms with Gasteiger partial charge < -0.3 is 9.47 Å². The van der Waals surface area contributed by atoms with Crippen LogP contribution in [0.3, 0.4) is 0 Å². The minimum Gasteiger partial charge on any atom is -0.463 e. The van der Waals surface area contributed by atoms with Crippen molar-refractivity contribution in [1.82, 2.24) is 0 Å². The van der Waals surface area contributed by atoms with Gasteiger partial charge in [0, 0.05) is 5.92 Å². The number of benzene rings is 1. The highest BCUT2D eigenvalue weighted by Gasteiger charge is 2.28. The number of unbranched alkanes of at least 4 members (excludes halogenated alkanes) is 7. The van der Waals surface area contributed by atoms with Crippen LogP contribution in [-0.4, -0.2) is 24.6 Å². The number of carbonyl (C=O) groups excluding carboxylic acids is 2. The molecule has 0 spiro atoms. The van der Waals surface area contributed by atoms with Gasteiger partial charge in [0.05, 0.1) is 12.2 Å². The maximum absolute atomic E-state index is 12.4. The van der Waals surface area contributed by atoms with Crippen LogP contribution in [0, 0.1) is 5.92 Å². The Hall–Kier alpha value is -1.84. The first-order valence-corrected chi connectivity index (χ1v) is 11.0.